The van der Waals surface area contributed by atoms with Gasteiger partial charge in [0.15, 0.2) is 0 Å². The molecule has 0 saturated heterocycles. The summed E-state index contributed by atoms with van der Waals surface area (Å²) in [6.45, 7) is 0.518. The topological polar surface area (TPSA) is 74.1 Å². The molecule has 2 aromatic heterocycles. The number of hydrogen-bond donors (Lipinski definition) is 1. The Morgan fingerprint density at radius 1 is 1.57 bits per heavy atom. The zero-order valence-electron chi connectivity index (χ0n) is 7.38. The fraction of sp³-hybridized carbons (Fsp3) is 0.111. The highest BCUT2D eigenvalue weighted by Crippen LogP contribution is 2.02. The van der Waals surface area contributed by atoms with Crippen molar-refractivity contribution in [2.24, 2.45) is 0 Å². The molecule has 0 fully saturated rings. The Kier molecular flexibility index (Phi) is 2.06. The Morgan fingerprint density at radius 2 is 2.43 bits per heavy atom. The van der Waals surface area contributed by atoms with Gasteiger partial charge in [-0.1, -0.05) is 0 Å². The molecular formula is C9H9N3O2. The fourth-order valence-corrected chi connectivity index (χ4v) is 1.14. The third-order valence-corrected chi connectivity index (χ3v) is 1.79. The van der Waals surface area contributed by atoms with Gasteiger partial charge >= 0.3 is 0 Å². The molecule has 2 aromatic rings. The number of furan rings is 1. The highest BCUT2D eigenvalue weighted by atomic mass is 16.3. The number of hydrogen-bond acceptors (Lipinski definition) is 4. The minimum atomic E-state index is -0.402. The first-order chi connectivity index (χ1) is 6.75. The summed E-state index contributed by atoms with van der Waals surface area (Å²) < 4.78 is 6.83. The quantitative estimate of drug-likeness (QED) is 0.748. The number of nitrogens with two attached hydrogens (primary N) is 1. The monoisotopic (exact) mass is 191 g/mol. The van der Waals surface area contributed by atoms with Gasteiger partial charge in [-0.25, -0.2) is 0 Å². The van der Waals surface area contributed by atoms with E-state index in [0.717, 1.165) is 5.76 Å². The van der Waals surface area contributed by atoms with E-state index in [-0.39, 0.29) is 5.69 Å². The summed E-state index contributed by atoms with van der Waals surface area (Å²) in [5.74, 6) is 0.787. The van der Waals surface area contributed by atoms with E-state index in [1.165, 1.54) is 12.5 Å². The van der Waals surface area contributed by atoms with E-state index in [1.54, 1.807) is 16.9 Å². The van der Waals surface area contributed by atoms with Crippen molar-refractivity contribution in [3.63, 3.8) is 0 Å². The van der Waals surface area contributed by atoms with Crippen LogP contribution in [-0.4, -0.2) is 9.55 Å². The molecule has 0 saturated carbocycles. The maximum absolute atomic E-state index is 10.9. The average Bonchev–Trinajstić information content (AvgIpc) is 2.64. The molecular weight excluding hydrogens is 182 g/mol. The Labute approximate surface area is 79.8 Å². The van der Waals surface area contributed by atoms with Gasteiger partial charge in [-0.3, -0.25) is 4.79 Å². The van der Waals surface area contributed by atoms with Crippen LogP contribution in [0.25, 0.3) is 0 Å². The Balaban J connectivity index is 2.26. The van der Waals surface area contributed by atoms with Gasteiger partial charge in [-0.05, 0) is 12.1 Å². The summed E-state index contributed by atoms with van der Waals surface area (Å²) >= 11 is 0. The zero-order valence-corrected chi connectivity index (χ0v) is 7.38. The predicted octanol–water partition coefficient (Wildman–Crippen LogP) is 0.467. The van der Waals surface area contributed by atoms with E-state index >= 15 is 0 Å². The van der Waals surface area contributed by atoms with Crippen molar-refractivity contribution < 1.29 is 4.42 Å². The second-order valence-corrected chi connectivity index (χ2v) is 2.89. The Morgan fingerprint density at radius 3 is 3.07 bits per heavy atom. The van der Waals surface area contributed by atoms with Crippen LogP contribution in [0.4, 0.5) is 5.69 Å². The van der Waals surface area contributed by atoms with Crippen LogP contribution in [0.15, 0.2) is 40.1 Å². The average molecular weight is 191 g/mol. The van der Waals surface area contributed by atoms with E-state index in [0.29, 0.717) is 6.54 Å². The lowest BCUT2D eigenvalue weighted by Gasteiger charge is -2.02. The van der Waals surface area contributed by atoms with Crippen LogP contribution in [0.5, 0.6) is 0 Å². The van der Waals surface area contributed by atoms with E-state index in [4.69, 9.17) is 10.2 Å². The van der Waals surface area contributed by atoms with Gasteiger partial charge in [0.1, 0.15) is 11.4 Å². The van der Waals surface area contributed by atoms with E-state index in [9.17, 15) is 4.79 Å². The van der Waals surface area contributed by atoms with Crippen LogP contribution in [0.2, 0.25) is 0 Å². The Hall–Kier alpha value is -2.04. The molecule has 0 atom stereocenters. The lowest BCUT2D eigenvalue weighted by Crippen LogP contribution is -2.15. The molecule has 0 aliphatic rings. The molecule has 0 aliphatic heterocycles. The largest absolute Gasteiger partial charge is 0.467 e. The highest BCUT2D eigenvalue weighted by molar-refractivity contribution is 5.30. The van der Waals surface area contributed by atoms with Crippen molar-refractivity contribution in [2.75, 3.05) is 5.73 Å². The van der Waals surface area contributed by atoms with Gasteiger partial charge in [0, 0.05) is 6.20 Å². The molecule has 2 rings (SSSR count). The number of nitrogens with zero attached hydrogens (tertiary/aromatic N) is 2. The molecule has 5 nitrogen and oxygen atoms in total. The Bertz CT molecular complexity index is 473. The lowest BCUT2D eigenvalue weighted by atomic mass is 10.4. The molecule has 0 amide bonds. The highest BCUT2D eigenvalue weighted by Gasteiger charge is 1.99. The van der Waals surface area contributed by atoms with Gasteiger partial charge in [-0.15, -0.1) is 0 Å². The minimum Gasteiger partial charge on any atom is -0.467 e. The zero-order chi connectivity index (χ0) is 9.97. The summed E-state index contributed by atoms with van der Waals surface area (Å²) in [5, 5.41) is 0. The first kappa shape index (κ1) is 8.55. The summed E-state index contributed by atoms with van der Waals surface area (Å²) in [6, 6.07) is 3.64. The smallest absolute Gasteiger partial charge is 0.295 e. The van der Waals surface area contributed by atoms with Crippen LogP contribution in [0.3, 0.4) is 0 Å². The molecule has 5 heteroatoms. The number of rotatable bonds is 2. The number of anilines is 1. The standard InChI is InChI=1S/C9H9N3O2/c10-8-5-12(6-11-9(8)13)4-7-2-1-3-14-7/h1-3,5-6H,4,10H2. The van der Waals surface area contributed by atoms with Crippen LogP contribution >= 0.6 is 0 Å². The second-order valence-electron chi connectivity index (χ2n) is 2.89. The molecule has 72 valence electrons. The first-order valence-corrected chi connectivity index (χ1v) is 4.09. The molecule has 0 aliphatic carbocycles. The summed E-state index contributed by atoms with van der Waals surface area (Å²) in [7, 11) is 0. The van der Waals surface area contributed by atoms with Gasteiger partial charge in [0.25, 0.3) is 5.56 Å². The summed E-state index contributed by atoms with van der Waals surface area (Å²) in [5.41, 5.74) is 5.16. The molecule has 0 aromatic carbocycles. The van der Waals surface area contributed by atoms with Crippen LogP contribution in [0, 0.1) is 0 Å². The van der Waals surface area contributed by atoms with Gasteiger partial charge < -0.3 is 14.7 Å². The van der Waals surface area contributed by atoms with Crippen LogP contribution in [0.1, 0.15) is 5.76 Å². The van der Waals surface area contributed by atoms with Gasteiger partial charge in [-0.2, -0.15) is 4.98 Å². The number of aromatic nitrogens is 2. The van der Waals surface area contributed by atoms with E-state index in [2.05, 4.69) is 4.98 Å². The predicted molar refractivity (Wildman–Crippen MR) is 50.7 cm³/mol. The van der Waals surface area contributed by atoms with Crippen molar-refractivity contribution >= 4 is 5.69 Å². The molecule has 2 heterocycles. The molecule has 0 radical (unpaired) electrons. The first-order valence-electron chi connectivity index (χ1n) is 4.09. The minimum absolute atomic E-state index is 0.138. The normalized spacial score (nSPS) is 10.3. The maximum Gasteiger partial charge on any atom is 0.295 e. The van der Waals surface area contributed by atoms with Crippen molar-refractivity contribution in [1.82, 2.24) is 9.55 Å². The van der Waals surface area contributed by atoms with E-state index < -0.39 is 5.56 Å². The lowest BCUT2D eigenvalue weighted by molar-refractivity contribution is 0.491. The third-order valence-electron chi connectivity index (χ3n) is 1.79. The number of nitrogen functional groups attached to an aromatic ring is 1. The van der Waals surface area contributed by atoms with Gasteiger partial charge in [0.2, 0.25) is 0 Å². The molecule has 2 N–H and O–H groups in total. The molecule has 0 unspecified atom stereocenters. The molecule has 0 spiro atoms. The van der Waals surface area contributed by atoms with Crippen LogP contribution < -0.4 is 11.3 Å². The van der Waals surface area contributed by atoms with Crippen molar-refractivity contribution in [1.29, 1.82) is 0 Å². The molecule has 0 bridgehead atoms. The molecule has 14 heavy (non-hydrogen) atoms. The van der Waals surface area contributed by atoms with E-state index in [1.807, 2.05) is 6.07 Å². The maximum atomic E-state index is 10.9. The van der Waals surface area contributed by atoms with Crippen molar-refractivity contribution in [2.45, 2.75) is 6.54 Å². The van der Waals surface area contributed by atoms with Crippen molar-refractivity contribution in [3.05, 3.63) is 47.0 Å². The summed E-state index contributed by atoms with van der Waals surface area (Å²) in [6.07, 6.45) is 4.56. The second kappa shape index (κ2) is 3.37. The SMILES string of the molecule is Nc1cn(Cc2ccco2)cnc1=O. The third kappa shape index (κ3) is 1.66. The van der Waals surface area contributed by atoms with Crippen LogP contribution in [-0.2, 0) is 6.54 Å². The van der Waals surface area contributed by atoms with Crippen molar-refractivity contribution in [3.8, 4) is 0 Å². The van der Waals surface area contributed by atoms with Gasteiger partial charge in [0.05, 0.1) is 19.1 Å². The summed E-state index contributed by atoms with van der Waals surface area (Å²) in [4.78, 5) is 14.5. The fourth-order valence-electron chi connectivity index (χ4n) is 1.14.